The molecule has 1 saturated heterocycles. The van der Waals surface area contributed by atoms with Gasteiger partial charge in [-0.15, -0.1) is 11.8 Å². The fraction of sp³-hybridized carbons (Fsp3) is 0.556. The molecule has 76 valence electrons. The maximum Gasteiger partial charge on any atom is 0.311 e. The monoisotopic (exact) mass is 214 g/mol. The minimum atomic E-state index is -0.912. The summed E-state index contributed by atoms with van der Waals surface area (Å²) in [6.07, 6.45) is 3.77. The van der Waals surface area contributed by atoms with E-state index < -0.39 is 23.8 Å². The number of methoxy groups -OCH3 is 1. The zero-order chi connectivity index (χ0) is 10.3. The first-order valence-corrected chi connectivity index (χ1v) is 5.24. The van der Waals surface area contributed by atoms with Crippen LogP contribution in [0.15, 0.2) is 12.2 Å². The Morgan fingerprint density at radius 3 is 2.36 bits per heavy atom. The molecule has 4 nitrogen and oxygen atoms in total. The van der Waals surface area contributed by atoms with E-state index in [0.717, 1.165) is 0 Å². The predicted molar refractivity (Wildman–Crippen MR) is 50.9 cm³/mol. The second kappa shape index (κ2) is 3.31. The first-order valence-electron chi connectivity index (χ1n) is 4.29. The third kappa shape index (κ3) is 1.23. The molecule has 1 fully saturated rings. The lowest BCUT2D eigenvalue weighted by Gasteiger charge is -2.20. The number of carboxylic acids is 1. The number of rotatable bonds is 2. The van der Waals surface area contributed by atoms with Crippen LogP contribution < -0.4 is 0 Å². The predicted octanol–water partition coefficient (Wildman–Crippen LogP) is 0.530. The summed E-state index contributed by atoms with van der Waals surface area (Å²) in [5, 5.41) is 8.91. The van der Waals surface area contributed by atoms with Crippen LogP contribution in [0, 0.1) is 11.8 Å². The van der Waals surface area contributed by atoms with Gasteiger partial charge in [-0.05, 0) is 0 Å². The summed E-state index contributed by atoms with van der Waals surface area (Å²) < 4.78 is 4.62. The maximum absolute atomic E-state index is 11.4. The molecule has 0 aromatic rings. The molecule has 0 spiro atoms. The smallest absolute Gasteiger partial charge is 0.311 e. The molecule has 0 aromatic carbocycles. The number of aliphatic carboxylic acids is 1. The molecule has 0 amide bonds. The van der Waals surface area contributed by atoms with E-state index in [2.05, 4.69) is 4.74 Å². The average Bonchev–Trinajstić information content (AvgIpc) is 2.74. The first kappa shape index (κ1) is 9.58. The molecule has 2 aliphatic heterocycles. The molecule has 1 N–H and O–H groups in total. The highest BCUT2D eigenvalue weighted by Crippen LogP contribution is 2.49. The minimum Gasteiger partial charge on any atom is -0.481 e. The van der Waals surface area contributed by atoms with Crippen LogP contribution in [0.2, 0.25) is 0 Å². The van der Waals surface area contributed by atoms with E-state index >= 15 is 0 Å². The van der Waals surface area contributed by atoms with E-state index in [1.54, 1.807) is 0 Å². The van der Waals surface area contributed by atoms with Gasteiger partial charge in [0.15, 0.2) is 0 Å². The van der Waals surface area contributed by atoms with Crippen molar-refractivity contribution in [2.45, 2.75) is 10.5 Å². The molecule has 2 rings (SSSR count). The van der Waals surface area contributed by atoms with Crippen molar-refractivity contribution in [3.05, 3.63) is 12.2 Å². The van der Waals surface area contributed by atoms with E-state index in [1.165, 1.54) is 18.9 Å². The zero-order valence-electron chi connectivity index (χ0n) is 7.54. The lowest BCUT2D eigenvalue weighted by Crippen LogP contribution is -2.36. The van der Waals surface area contributed by atoms with Crippen LogP contribution in [0.3, 0.4) is 0 Å². The van der Waals surface area contributed by atoms with Crippen LogP contribution in [0.4, 0.5) is 0 Å². The van der Waals surface area contributed by atoms with Crippen LogP contribution in [-0.4, -0.2) is 34.7 Å². The summed E-state index contributed by atoms with van der Waals surface area (Å²) in [5.74, 6) is -2.47. The molecule has 14 heavy (non-hydrogen) atoms. The van der Waals surface area contributed by atoms with Crippen molar-refractivity contribution in [1.82, 2.24) is 0 Å². The lowest BCUT2D eigenvalue weighted by atomic mass is 9.83. The highest BCUT2D eigenvalue weighted by molar-refractivity contribution is 8.01. The normalized spacial score (nSPS) is 38.6. The molecule has 0 aliphatic carbocycles. The third-order valence-corrected chi connectivity index (χ3v) is 4.19. The van der Waals surface area contributed by atoms with E-state index in [-0.39, 0.29) is 10.5 Å². The van der Waals surface area contributed by atoms with Crippen molar-refractivity contribution >= 4 is 23.7 Å². The molecule has 4 atom stereocenters. The second-order valence-corrected chi connectivity index (χ2v) is 4.72. The molecule has 2 bridgehead atoms. The average molecular weight is 214 g/mol. The molecular weight excluding hydrogens is 204 g/mol. The number of hydrogen-bond donors (Lipinski definition) is 1. The van der Waals surface area contributed by atoms with Crippen LogP contribution >= 0.6 is 11.8 Å². The summed E-state index contributed by atoms with van der Waals surface area (Å²) in [7, 11) is 1.29. The Kier molecular flexibility index (Phi) is 2.26. The summed E-state index contributed by atoms with van der Waals surface area (Å²) in [4.78, 5) is 22.4. The SMILES string of the molecule is COC(=O)C1C2C=CC(S2)C1C(=O)O. The third-order valence-electron chi connectivity index (χ3n) is 2.66. The first-order chi connectivity index (χ1) is 6.65. The fourth-order valence-corrected chi connectivity index (χ4v) is 3.65. The van der Waals surface area contributed by atoms with Crippen molar-refractivity contribution in [3.63, 3.8) is 0 Å². The van der Waals surface area contributed by atoms with Gasteiger partial charge in [0, 0.05) is 10.5 Å². The molecule has 4 unspecified atom stereocenters. The number of carboxylic acid groups (broad SMARTS) is 1. The van der Waals surface area contributed by atoms with Crippen LogP contribution in [0.5, 0.6) is 0 Å². The Hall–Kier alpha value is -0.970. The minimum absolute atomic E-state index is 0.0199. The highest BCUT2D eigenvalue weighted by Gasteiger charge is 2.53. The number of esters is 1. The van der Waals surface area contributed by atoms with Crippen molar-refractivity contribution in [3.8, 4) is 0 Å². The molecular formula is C9H10O4S. The maximum atomic E-state index is 11.4. The van der Waals surface area contributed by atoms with Gasteiger partial charge in [0.1, 0.15) is 0 Å². The van der Waals surface area contributed by atoms with Gasteiger partial charge in [-0.25, -0.2) is 0 Å². The van der Waals surface area contributed by atoms with Gasteiger partial charge in [-0.2, -0.15) is 0 Å². The topological polar surface area (TPSA) is 63.6 Å². The Bertz CT molecular complexity index is 312. The molecule has 2 aliphatic rings. The Morgan fingerprint density at radius 1 is 1.29 bits per heavy atom. The quantitative estimate of drug-likeness (QED) is 0.536. The largest absolute Gasteiger partial charge is 0.481 e. The van der Waals surface area contributed by atoms with Crippen molar-refractivity contribution in [2.24, 2.45) is 11.8 Å². The van der Waals surface area contributed by atoms with E-state index in [4.69, 9.17) is 5.11 Å². The Morgan fingerprint density at radius 2 is 1.86 bits per heavy atom. The van der Waals surface area contributed by atoms with Gasteiger partial charge in [0.25, 0.3) is 0 Å². The van der Waals surface area contributed by atoms with Gasteiger partial charge in [0.05, 0.1) is 18.9 Å². The van der Waals surface area contributed by atoms with Gasteiger partial charge >= 0.3 is 11.9 Å². The van der Waals surface area contributed by atoms with E-state index in [0.29, 0.717) is 0 Å². The second-order valence-electron chi connectivity index (χ2n) is 3.36. The number of ether oxygens (including phenoxy) is 1. The summed E-state index contributed by atoms with van der Waals surface area (Å²) in [5.41, 5.74) is 0. The Balaban J connectivity index is 2.26. The number of fused-ring (bicyclic) bond motifs is 2. The summed E-state index contributed by atoms with van der Waals surface area (Å²) in [6, 6.07) is 0. The van der Waals surface area contributed by atoms with Gasteiger partial charge in [-0.3, -0.25) is 9.59 Å². The van der Waals surface area contributed by atoms with Crippen LogP contribution in [-0.2, 0) is 14.3 Å². The Labute approximate surface area is 85.3 Å². The fourth-order valence-electron chi connectivity index (χ4n) is 2.02. The van der Waals surface area contributed by atoms with Gasteiger partial charge in [-0.1, -0.05) is 12.2 Å². The number of carbonyl (C=O) groups excluding carboxylic acids is 1. The molecule has 2 heterocycles. The molecule has 0 radical (unpaired) electrons. The number of carbonyl (C=O) groups is 2. The number of thioether (sulfide) groups is 1. The standard InChI is InChI=1S/C9H10O4S/c1-13-9(12)7-5-3-2-4(14-5)6(7)8(10)11/h2-7H,1H3,(H,10,11). The molecule has 0 saturated carbocycles. The van der Waals surface area contributed by atoms with Crippen molar-refractivity contribution in [1.29, 1.82) is 0 Å². The number of hydrogen-bond acceptors (Lipinski definition) is 4. The lowest BCUT2D eigenvalue weighted by molar-refractivity contribution is -0.154. The van der Waals surface area contributed by atoms with Crippen LogP contribution in [0.1, 0.15) is 0 Å². The van der Waals surface area contributed by atoms with Gasteiger partial charge in [0.2, 0.25) is 0 Å². The van der Waals surface area contributed by atoms with Crippen molar-refractivity contribution < 1.29 is 19.4 Å². The highest BCUT2D eigenvalue weighted by atomic mass is 32.2. The van der Waals surface area contributed by atoms with E-state index in [1.807, 2.05) is 12.2 Å². The molecule has 5 heteroatoms. The van der Waals surface area contributed by atoms with Crippen molar-refractivity contribution in [2.75, 3.05) is 7.11 Å². The molecule has 0 aromatic heterocycles. The zero-order valence-corrected chi connectivity index (χ0v) is 8.36. The van der Waals surface area contributed by atoms with Crippen LogP contribution in [0.25, 0.3) is 0 Å². The summed E-state index contributed by atoms with van der Waals surface area (Å²) >= 11 is 1.53. The summed E-state index contributed by atoms with van der Waals surface area (Å²) in [6.45, 7) is 0. The van der Waals surface area contributed by atoms with E-state index in [9.17, 15) is 9.59 Å². The van der Waals surface area contributed by atoms with Gasteiger partial charge < -0.3 is 9.84 Å².